The normalized spacial score (nSPS) is 10.7. The van der Waals surface area contributed by atoms with Crippen LogP contribution in [0.5, 0.6) is 0 Å². The van der Waals surface area contributed by atoms with Crippen LogP contribution >= 0.6 is 0 Å². The van der Waals surface area contributed by atoms with Gasteiger partial charge in [-0.1, -0.05) is 5.21 Å². The number of aliphatic hydroxyl groups excluding tert-OH is 1. The van der Waals surface area contributed by atoms with Crippen LogP contribution in [0.3, 0.4) is 0 Å². The Hall–Kier alpha value is -2.22. The number of ether oxygens (including phenoxy) is 1. The number of esters is 1. The van der Waals surface area contributed by atoms with Crippen molar-refractivity contribution in [1.82, 2.24) is 24.8 Å². The first-order valence-corrected chi connectivity index (χ1v) is 5.87. The standard InChI is InChI=1S/C11H15N5O3/c1-3-19-11(18)9-10(8-6-12-15(2)7-8)16(4-5-17)14-13-9/h6-7,17H,3-5H2,1-2H3. The fraction of sp³-hybridized carbons (Fsp3) is 0.455. The van der Waals surface area contributed by atoms with Crippen molar-refractivity contribution in [3.63, 3.8) is 0 Å². The summed E-state index contributed by atoms with van der Waals surface area (Å²) in [5.41, 5.74) is 1.33. The molecule has 0 aliphatic carbocycles. The molecule has 1 N–H and O–H groups in total. The van der Waals surface area contributed by atoms with Crippen molar-refractivity contribution in [3.8, 4) is 11.3 Å². The van der Waals surface area contributed by atoms with Gasteiger partial charge in [0.1, 0.15) is 5.69 Å². The summed E-state index contributed by atoms with van der Waals surface area (Å²) in [4.78, 5) is 11.8. The number of hydrogen-bond donors (Lipinski definition) is 1. The van der Waals surface area contributed by atoms with Gasteiger partial charge in [-0.25, -0.2) is 9.48 Å². The van der Waals surface area contributed by atoms with Crippen LogP contribution < -0.4 is 0 Å². The fourth-order valence-corrected chi connectivity index (χ4v) is 1.73. The van der Waals surface area contributed by atoms with E-state index in [1.54, 1.807) is 31.0 Å². The average molecular weight is 265 g/mol. The third-order valence-corrected chi connectivity index (χ3v) is 2.49. The van der Waals surface area contributed by atoms with Gasteiger partial charge in [0.15, 0.2) is 5.69 Å². The van der Waals surface area contributed by atoms with Crippen molar-refractivity contribution in [3.05, 3.63) is 18.1 Å². The largest absolute Gasteiger partial charge is 0.461 e. The molecule has 8 nitrogen and oxygen atoms in total. The van der Waals surface area contributed by atoms with Crippen LogP contribution in [0.25, 0.3) is 11.3 Å². The van der Waals surface area contributed by atoms with E-state index in [0.717, 1.165) is 0 Å². The Bertz CT molecular complexity index is 575. The molecule has 0 aliphatic heterocycles. The van der Waals surface area contributed by atoms with Gasteiger partial charge in [-0.15, -0.1) is 5.10 Å². The molecule has 0 aliphatic rings. The van der Waals surface area contributed by atoms with Gasteiger partial charge in [0.25, 0.3) is 0 Å². The number of aromatic nitrogens is 5. The molecule has 0 radical (unpaired) electrons. The topological polar surface area (TPSA) is 95.1 Å². The molecule has 0 unspecified atom stereocenters. The lowest BCUT2D eigenvalue weighted by Gasteiger charge is -2.04. The van der Waals surface area contributed by atoms with Crippen LogP contribution in [0.15, 0.2) is 12.4 Å². The molecule has 0 amide bonds. The third kappa shape index (κ3) is 2.63. The second-order valence-corrected chi connectivity index (χ2v) is 3.86. The lowest BCUT2D eigenvalue weighted by molar-refractivity contribution is 0.0520. The third-order valence-electron chi connectivity index (χ3n) is 2.49. The van der Waals surface area contributed by atoms with Crippen LogP contribution in [0, 0.1) is 0 Å². The summed E-state index contributed by atoms with van der Waals surface area (Å²) in [6.07, 6.45) is 3.35. The van der Waals surface area contributed by atoms with Crippen molar-refractivity contribution in [2.24, 2.45) is 7.05 Å². The molecular formula is C11H15N5O3. The van der Waals surface area contributed by atoms with Crippen molar-refractivity contribution in [2.75, 3.05) is 13.2 Å². The second-order valence-electron chi connectivity index (χ2n) is 3.86. The predicted molar refractivity (Wildman–Crippen MR) is 65.3 cm³/mol. The van der Waals surface area contributed by atoms with E-state index in [4.69, 9.17) is 9.84 Å². The Morgan fingerprint density at radius 3 is 2.89 bits per heavy atom. The van der Waals surface area contributed by atoms with Gasteiger partial charge in [-0.3, -0.25) is 4.68 Å². The summed E-state index contributed by atoms with van der Waals surface area (Å²) < 4.78 is 8.02. The zero-order chi connectivity index (χ0) is 13.8. The molecule has 0 fully saturated rings. The van der Waals surface area contributed by atoms with Gasteiger partial charge < -0.3 is 9.84 Å². The fourth-order valence-electron chi connectivity index (χ4n) is 1.73. The maximum atomic E-state index is 11.8. The highest BCUT2D eigenvalue weighted by atomic mass is 16.5. The monoisotopic (exact) mass is 265 g/mol. The number of carbonyl (C=O) groups excluding carboxylic acids is 1. The van der Waals surface area contributed by atoms with E-state index in [2.05, 4.69) is 15.4 Å². The van der Waals surface area contributed by atoms with Crippen LogP contribution in [0.1, 0.15) is 17.4 Å². The molecule has 102 valence electrons. The number of nitrogens with zero attached hydrogens (tertiary/aromatic N) is 5. The zero-order valence-electron chi connectivity index (χ0n) is 10.8. The summed E-state index contributed by atoms with van der Waals surface area (Å²) in [5, 5.41) is 20.8. The summed E-state index contributed by atoms with van der Waals surface area (Å²) in [5.74, 6) is -0.537. The maximum Gasteiger partial charge on any atom is 0.361 e. The van der Waals surface area contributed by atoms with Crippen molar-refractivity contribution in [1.29, 1.82) is 0 Å². The first kappa shape index (κ1) is 13.2. The summed E-state index contributed by atoms with van der Waals surface area (Å²) in [6, 6.07) is 0. The molecule has 0 atom stereocenters. The minimum Gasteiger partial charge on any atom is -0.461 e. The number of aryl methyl sites for hydroxylation is 1. The quantitative estimate of drug-likeness (QED) is 0.755. The maximum absolute atomic E-state index is 11.8. The predicted octanol–water partition coefficient (Wildman–Crippen LogP) is -0.152. The highest BCUT2D eigenvalue weighted by Gasteiger charge is 2.22. The summed E-state index contributed by atoms with van der Waals surface area (Å²) in [6.45, 7) is 2.13. The van der Waals surface area contributed by atoms with Crippen molar-refractivity contribution in [2.45, 2.75) is 13.5 Å². The molecule has 19 heavy (non-hydrogen) atoms. The molecule has 0 saturated heterocycles. The molecule has 0 aromatic carbocycles. The molecule has 2 aromatic heterocycles. The minimum atomic E-state index is -0.537. The van der Waals surface area contributed by atoms with Gasteiger partial charge in [-0.05, 0) is 6.92 Å². The summed E-state index contributed by atoms with van der Waals surface area (Å²) in [7, 11) is 1.77. The Labute approximate surface area is 109 Å². The van der Waals surface area contributed by atoms with Crippen LogP contribution in [0.4, 0.5) is 0 Å². The van der Waals surface area contributed by atoms with Gasteiger partial charge in [-0.2, -0.15) is 5.10 Å². The Morgan fingerprint density at radius 1 is 1.53 bits per heavy atom. The molecule has 2 heterocycles. The number of rotatable bonds is 5. The zero-order valence-corrected chi connectivity index (χ0v) is 10.8. The van der Waals surface area contributed by atoms with E-state index in [0.29, 0.717) is 11.3 Å². The molecule has 0 spiro atoms. The van der Waals surface area contributed by atoms with Crippen LogP contribution in [-0.4, -0.2) is 49.1 Å². The van der Waals surface area contributed by atoms with E-state index >= 15 is 0 Å². The van der Waals surface area contributed by atoms with Crippen LogP contribution in [-0.2, 0) is 18.3 Å². The number of hydrogen-bond acceptors (Lipinski definition) is 6. The van der Waals surface area contributed by atoms with Crippen molar-refractivity contribution >= 4 is 5.97 Å². The molecule has 0 saturated carbocycles. The first-order valence-electron chi connectivity index (χ1n) is 5.87. The molecule has 0 bridgehead atoms. The van der Waals surface area contributed by atoms with Gasteiger partial charge >= 0.3 is 5.97 Å². The van der Waals surface area contributed by atoms with E-state index in [1.807, 2.05) is 0 Å². The van der Waals surface area contributed by atoms with Gasteiger partial charge in [0.05, 0.1) is 26.0 Å². The lowest BCUT2D eigenvalue weighted by Crippen LogP contribution is -2.09. The number of aliphatic hydroxyl groups is 1. The van der Waals surface area contributed by atoms with E-state index in [-0.39, 0.29) is 25.5 Å². The minimum absolute atomic E-state index is 0.0983. The summed E-state index contributed by atoms with van der Waals surface area (Å²) >= 11 is 0. The first-order chi connectivity index (χ1) is 9.17. The average Bonchev–Trinajstić information content (AvgIpc) is 2.96. The molecule has 8 heteroatoms. The number of carbonyl (C=O) groups is 1. The van der Waals surface area contributed by atoms with E-state index in [9.17, 15) is 4.79 Å². The highest BCUT2D eigenvalue weighted by Crippen LogP contribution is 2.22. The second kappa shape index (κ2) is 5.61. The van der Waals surface area contributed by atoms with Crippen LogP contribution in [0.2, 0.25) is 0 Å². The van der Waals surface area contributed by atoms with E-state index in [1.165, 1.54) is 4.68 Å². The molecule has 2 aromatic rings. The molecule has 2 rings (SSSR count). The Kier molecular flexibility index (Phi) is 3.91. The SMILES string of the molecule is CCOC(=O)c1nnn(CCO)c1-c1cnn(C)c1. The van der Waals surface area contributed by atoms with Crippen molar-refractivity contribution < 1.29 is 14.6 Å². The van der Waals surface area contributed by atoms with E-state index < -0.39 is 5.97 Å². The highest BCUT2D eigenvalue weighted by molar-refractivity contribution is 5.93. The van der Waals surface area contributed by atoms with Gasteiger partial charge in [0.2, 0.25) is 0 Å². The Morgan fingerprint density at radius 2 is 2.32 bits per heavy atom. The Balaban J connectivity index is 2.47. The molecular weight excluding hydrogens is 250 g/mol. The smallest absolute Gasteiger partial charge is 0.361 e. The van der Waals surface area contributed by atoms with Gasteiger partial charge in [0, 0.05) is 18.8 Å². The lowest BCUT2D eigenvalue weighted by atomic mass is 10.2.